The zero-order chi connectivity index (χ0) is 41.4. The Kier molecular flexibility index (Phi) is 15.3. The van der Waals surface area contributed by atoms with E-state index in [2.05, 4.69) is 82.0 Å². The van der Waals surface area contributed by atoms with E-state index in [0.717, 1.165) is 4.88 Å². The third-order valence-corrected chi connectivity index (χ3v) is 10.0. The number of amides is 5. The zero-order valence-corrected chi connectivity index (χ0v) is 32.6. The average molecular weight is 804 g/mol. The van der Waals surface area contributed by atoms with Gasteiger partial charge in [0.15, 0.2) is 0 Å². The Balaban J connectivity index is 0.000000414. The van der Waals surface area contributed by atoms with Crippen molar-refractivity contribution in [3.05, 3.63) is 142 Å². The van der Waals surface area contributed by atoms with Crippen LogP contribution in [0.4, 0.5) is 5.69 Å². The van der Waals surface area contributed by atoms with E-state index in [0.29, 0.717) is 16.8 Å². The summed E-state index contributed by atoms with van der Waals surface area (Å²) in [5.74, 6) is -4.40. The van der Waals surface area contributed by atoms with Crippen molar-refractivity contribution in [3.8, 4) is 16.9 Å². The number of carbonyl (C=O) groups is 6. The molecule has 3 heterocycles. The lowest BCUT2D eigenvalue weighted by Crippen LogP contribution is -2.55. The second-order valence-electron chi connectivity index (χ2n) is 13.7. The topological polar surface area (TPSA) is 203 Å². The number of carboxylic acids is 1. The molecule has 0 radical (unpaired) electrons. The van der Waals surface area contributed by atoms with E-state index in [-0.39, 0.29) is 37.9 Å². The number of thiophene rings is 1. The number of hydrogen-bond donors (Lipinski definition) is 7. The van der Waals surface area contributed by atoms with Crippen molar-refractivity contribution < 1.29 is 39.0 Å². The van der Waals surface area contributed by atoms with Crippen LogP contribution >= 0.6 is 11.3 Å². The fraction of sp³-hybridized carbons (Fsp3) is 0.227. The van der Waals surface area contributed by atoms with Gasteiger partial charge in [0.2, 0.25) is 29.5 Å². The molecule has 0 unspecified atom stereocenters. The normalized spacial score (nSPS) is 18.2. The number of nitrogens with one attached hydrogen (secondary N) is 5. The first-order valence-electron chi connectivity index (χ1n) is 18.6. The third-order valence-electron chi connectivity index (χ3n) is 9.12. The lowest BCUT2D eigenvalue weighted by molar-refractivity contribution is -0.142. The van der Waals surface area contributed by atoms with Gasteiger partial charge in [-0.05, 0) is 64.9 Å². The van der Waals surface area contributed by atoms with Crippen LogP contribution in [-0.2, 0) is 48.0 Å². The monoisotopic (exact) mass is 803 g/mol. The van der Waals surface area contributed by atoms with Gasteiger partial charge in [-0.1, -0.05) is 90.5 Å². The fourth-order valence-electron chi connectivity index (χ4n) is 5.98. The van der Waals surface area contributed by atoms with Crippen molar-refractivity contribution in [2.45, 2.75) is 57.2 Å². The second kappa shape index (κ2) is 20.9. The van der Waals surface area contributed by atoms with Crippen LogP contribution in [0.2, 0.25) is 0 Å². The van der Waals surface area contributed by atoms with Crippen LogP contribution < -0.4 is 26.6 Å². The number of carboxylic acid groups (broad SMARTS) is 1. The van der Waals surface area contributed by atoms with Crippen molar-refractivity contribution in [2.75, 3.05) is 11.9 Å². The quantitative estimate of drug-likeness (QED) is 0.121. The largest absolute Gasteiger partial charge is 0.508 e. The Labute approximate surface area is 339 Å². The number of fused-ring (bicyclic) bond motifs is 18. The van der Waals surface area contributed by atoms with Crippen molar-refractivity contribution >= 4 is 52.5 Å². The summed E-state index contributed by atoms with van der Waals surface area (Å²) in [5.41, 5.74) is 5.43. The summed E-state index contributed by atoms with van der Waals surface area (Å²) in [7, 11) is 0. The van der Waals surface area contributed by atoms with Crippen LogP contribution in [-0.4, -0.2) is 70.4 Å². The molecule has 300 valence electrons. The van der Waals surface area contributed by atoms with Gasteiger partial charge >= 0.3 is 5.97 Å². The first-order chi connectivity index (χ1) is 27.9. The highest BCUT2D eigenvalue weighted by Gasteiger charge is 2.28. The minimum absolute atomic E-state index is 0.00239. The predicted octanol–water partition coefficient (Wildman–Crippen LogP) is 4.53. The van der Waals surface area contributed by atoms with Gasteiger partial charge in [0.05, 0.1) is 6.54 Å². The van der Waals surface area contributed by atoms with Gasteiger partial charge in [0, 0.05) is 42.7 Å². The maximum Gasteiger partial charge on any atom is 0.326 e. The number of phenolic OH excluding ortho intramolecular Hbond substituents is 1. The highest BCUT2D eigenvalue weighted by Crippen LogP contribution is 2.19. The average Bonchev–Trinajstić information content (AvgIpc) is 3.73. The second-order valence-corrected chi connectivity index (χ2v) is 14.7. The molecule has 0 fully saturated rings. The molecule has 0 spiro atoms. The SMILES string of the molecule is Cc1ccc(-c2ccccc2)cc1.O=C1CCC(=O)N[C@H](Cc2cccs2)C(=O)NCC(=O)N[C@H](Cc2ccc(O)cc2)C(=O)N[C@H](C(=O)O)Cc2ccc(cc2)N1. The van der Waals surface area contributed by atoms with Crippen LogP contribution in [0.3, 0.4) is 0 Å². The van der Waals surface area contributed by atoms with Crippen molar-refractivity contribution in [1.82, 2.24) is 21.3 Å². The van der Waals surface area contributed by atoms with Gasteiger partial charge in [-0.25, -0.2) is 4.79 Å². The van der Waals surface area contributed by atoms with Crippen molar-refractivity contribution in [2.24, 2.45) is 0 Å². The molecular weight excluding hydrogens is 759 g/mol. The van der Waals surface area contributed by atoms with E-state index in [1.165, 1.54) is 40.2 Å². The number of benzene rings is 4. The maximum atomic E-state index is 13.4. The Morgan fingerprint density at radius 3 is 1.97 bits per heavy atom. The summed E-state index contributed by atoms with van der Waals surface area (Å²) in [4.78, 5) is 77.5. The summed E-state index contributed by atoms with van der Waals surface area (Å²) < 4.78 is 0. The highest BCUT2D eigenvalue weighted by molar-refractivity contribution is 7.09. The molecule has 5 amide bonds. The van der Waals surface area contributed by atoms with E-state index in [4.69, 9.17) is 0 Å². The number of anilines is 1. The Morgan fingerprint density at radius 2 is 1.31 bits per heavy atom. The molecule has 0 saturated heterocycles. The molecule has 4 aromatic carbocycles. The van der Waals surface area contributed by atoms with E-state index >= 15 is 0 Å². The van der Waals surface area contributed by atoms with Crippen LogP contribution in [0, 0.1) is 6.92 Å². The van der Waals surface area contributed by atoms with Gasteiger partial charge in [-0.2, -0.15) is 0 Å². The number of aliphatic carboxylic acids is 1. The maximum absolute atomic E-state index is 13.4. The van der Waals surface area contributed by atoms with E-state index in [1.807, 2.05) is 11.4 Å². The third kappa shape index (κ3) is 13.4. The van der Waals surface area contributed by atoms with Crippen molar-refractivity contribution in [3.63, 3.8) is 0 Å². The summed E-state index contributed by atoms with van der Waals surface area (Å²) in [6.07, 6.45) is -0.316. The molecule has 0 aliphatic carbocycles. The smallest absolute Gasteiger partial charge is 0.326 e. The number of hydrogen-bond acceptors (Lipinski definition) is 8. The van der Waals surface area contributed by atoms with Gasteiger partial charge in [0.1, 0.15) is 23.9 Å². The van der Waals surface area contributed by atoms with Crippen LogP contribution in [0.15, 0.2) is 121 Å². The molecule has 2 aliphatic rings. The number of rotatable bonds is 6. The molecule has 2 aliphatic heterocycles. The van der Waals surface area contributed by atoms with E-state index in [9.17, 15) is 39.0 Å². The lowest BCUT2D eigenvalue weighted by atomic mass is 10.0. The molecule has 14 heteroatoms. The molecule has 3 atom stereocenters. The molecule has 13 nitrogen and oxygen atoms in total. The Morgan fingerprint density at radius 1 is 0.672 bits per heavy atom. The summed E-state index contributed by atoms with van der Waals surface area (Å²) >= 11 is 1.39. The van der Waals surface area contributed by atoms with Gasteiger partial charge in [-0.15, -0.1) is 11.3 Å². The van der Waals surface area contributed by atoms with Gasteiger partial charge in [-0.3, -0.25) is 24.0 Å². The number of aryl methyl sites for hydroxylation is 1. The standard InChI is InChI=1S/C31H33N5O8S.C13H12/c37-21-9-5-19(6-10-21)14-23-30(42)36-25(31(43)44)15-18-3-7-20(8-4-18)33-26(38)11-12-27(39)34-24(16-22-2-1-13-45-22)29(41)32-17-28(40)35-23;1-11-7-9-13(10-8-11)12-5-3-2-4-6-12/h1-10,13,23-25,37H,11-12,14-17H2,(H,32,41)(H,33,38)(H,34,39)(H,35,40)(H,36,42)(H,43,44);2-10H,1H3/t23-,24-,25+;/m1./s1. The Hall–Kier alpha value is -6.80. The van der Waals surface area contributed by atoms with Gasteiger partial charge in [0.25, 0.3) is 0 Å². The molecule has 7 N–H and O–H groups in total. The van der Waals surface area contributed by atoms with E-state index in [1.54, 1.807) is 48.5 Å². The lowest BCUT2D eigenvalue weighted by Gasteiger charge is -2.22. The first kappa shape index (κ1) is 42.3. The molecule has 7 rings (SSSR count). The molecular formula is C44H45N5O8S. The number of aromatic hydroxyl groups is 1. The minimum Gasteiger partial charge on any atom is -0.508 e. The Bertz CT molecular complexity index is 2160. The first-order valence-corrected chi connectivity index (χ1v) is 19.5. The van der Waals surface area contributed by atoms with E-state index < -0.39 is 60.2 Å². The summed E-state index contributed by atoms with van der Waals surface area (Å²) in [6.45, 7) is 1.57. The minimum atomic E-state index is -1.35. The molecule has 58 heavy (non-hydrogen) atoms. The van der Waals surface area contributed by atoms with Gasteiger partial charge < -0.3 is 36.8 Å². The zero-order valence-electron chi connectivity index (χ0n) is 31.8. The molecule has 1 aromatic heterocycles. The number of carbonyl (C=O) groups excluding carboxylic acids is 5. The highest BCUT2D eigenvalue weighted by atomic mass is 32.1. The van der Waals surface area contributed by atoms with Crippen LogP contribution in [0.1, 0.15) is 34.4 Å². The van der Waals surface area contributed by atoms with Crippen LogP contribution in [0.25, 0.3) is 11.1 Å². The van der Waals surface area contributed by atoms with Crippen molar-refractivity contribution in [1.29, 1.82) is 0 Å². The fourth-order valence-corrected chi connectivity index (χ4v) is 6.73. The van der Waals surface area contributed by atoms with Crippen LogP contribution in [0.5, 0.6) is 5.75 Å². The molecule has 0 saturated carbocycles. The number of phenols is 1. The summed E-state index contributed by atoms with van der Waals surface area (Å²) in [6, 6.07) is 31.3. The molecule has 5 aromatic rings. The molecule has 2 bridgehead atoms. The predicted molar refractivity (Wildman–Crippen MR) is 221 cm³/mol. The summed E-state index contributed by atoms with van der Waals surface area (Å²) in [5, 5.41) is 34.1.